The third-order valence-electron chi connectivity index (χ3n) is 7.02. The van der Waals surface area contributed by atoms with Crippen LogP contribution in [0.2, 0.25) is 0 Å². The molecule has 3 heterocycles. The van der Waals surface area contributed by atoms with Crippen molar-refractivity contribution in [1.29, 1.82) is 0 Å². The van der Waals surface area contributed by atoms with Gasteiger partial charge in [-0.15, -0.1) is 11.3 Å². The number of benzene rings is 1. The largest absolute Gasteiger partial charge is 0.353 e. The maximum Gasteiger partial charge on any atom is 0.243 e. The van der Waals surface area contributed by atoms with Gasteiger partial charge in [-0.1, -0.05) is 20.8 Å². The topological polar surface area (TPSA) is 95.5 Å². The SMILES string of the molecule is CC(=O)Nc1ccc(S(=O)(=O)N2CCN(c3nc(C(C)C)nc4sc5c(c34)CCC(C)C5)CC2)cc1. The number of hydrogen-bond donors (Lipinski definition) is 1. The molecule has 8 nitrogen and oxygen atoms in total. The third kappa shape index (κ3) is 4.73. The number of carbonyl (C=O) groups is 1. The maximum atomic E-state index is 13.3. The van der Waals surface area contributed by atoms with E-state index in [1.165, 1.54) is 29.2 Å². The Balaban J connectivity index is 1.40. The zero-order valence-corrected chi connectivity index (χ0v) is 22.9. The smallest absolute Gasteiger partial charge is 0.243 e. The normalized spacial score (nSPS) is 19.0. The van der Waals surface area contributed by atoms with E-state index < -0.39 is 10.0 Å². The molecule has 0 saturated carbocycles. The molecule has 1 aliphatic carbocycles. The minimum Gasteiger partial charge on any atom is -0.353 e. The lowest BCUT2D eigenvalue weighted by molar-refractivity contribution is -0.114. The van der Waals surface area contributed by atoms with Crippen LogP contribution in [-0.2, 0) is 27.7 Å². The number of carbonyl (C=O) groups excluding carboxylic acids is 1. The van der Waals surface area contributed by atoms with Crippen LogP contribution in [0.5, 0.6) is 0 Å². The summed E-state index contributed by atoms with van der Waals surface area (Å²) in [5.41, 5.74) is 1.97. The second-order valence-corrected chi connectivity index (χ2v) is 13.2. The van der Waals surface area contributed by atoms with Gasteiger partial charge in [0.2, 0.25) is 15.9 Å². The van der Waals surface area contributed by atoms with Gasteiger partial charge in [0.05, 0.1) is 10.3 Å². The highest BCUT2D eigenvalue weighted by atomic mass is 32.2. The average Bonchev–Trinajstić information content (AvgIpc) is 3.21. The van der Waals surface area contributed by atoms with Gasteiger partial charge in [0, 0.05) is 49.6 Å². The van der Waals surface area contributed by atoms with Crippen molar-refractivity contribution in [2.24, 2.45) is 5.92 Å². The lowest BCUT2D eigenvalue weighted by atomic mass is 9.89. The summed E-state index contributed by atoms with van der Waals surface area (Å²) < 4.78 is 28.1. The molecule has 2 aliphatic rings. The molecule has 1 aromatic carbocycles. The molecule has 0 radical (unpaired) electrons. The van der Waals surface area contributed by atoms with Gasteiger partial charge in [-0.3, -0.25) is 4.79 Å². The Hall–Kier alpha value is -2.56. The predicted molar refractivity (Wildman–Crippen MR) is 144 cm³/mol. The molecule has 1 unspecified atom stereocenters. The Labute approximate surface area is 216 Å². The van der Waals surface area contributed by atoms with Gasteiger partial charge in [-0.2, -0.15) is 4.31 Å². The fourth-order valence-electron chi connectivity index (χ4n) is 5.03. The van der Waals surface area contributed by atoms with Gasteiger partial charge in [-0.25, -0.2) is 18.4 Å². The number of nitrogens with one attached hydrogen (secondary N) is 1. The summed E-state index contributed by atoms with van der Waals surface area (Å²) in [6.45, 7) is 9.90. The van der Waals surface area contributed by atoms with E-state index in [0.717, 1.165) is 29.3 Å². The standard InChI is InChI=1S/C26H33N5O3S2/c1-16(2)24-28-25(23-21-10-5-17(3)15-22(21)35-26(23)29-24)30-11-13-31(14-12-30)36(33,34)20-8-6-19(7-9-20)27-18(4)32/h6-9,16-17H,5,10-15H2,1-4H3,(H,27,32). The first-order valence-electron chi connectivity index (χ1n) is 12.6. The quantitative estimate of drug-likeness (QED) is 0.528. The van der Waals surface area contributed by atoms with Crippen LogP contribution in [0.25, 0.3) is 10.2 Å². The van der Waals surface area contributed by atoms with E-state index >= 15 is 0 Å². The molecule has 192 valence electrons. The maximum absolute atomic E-state index is 13.3. The molecule has 0 bridgehead atoms. The minimum absolute atomic E-state index is 0.192. The molecule has 3 aromatic rings. The van der Waals surface area contributed by atoms with Crippen LogP contribution < -0.4 is 10.2 Å². The number of nitrogens with zero attached hydrogens (tertiary/aromatic N) is 4. The number of sulfonamides is 1. The van der Waals surface area contributed by atoms with Crippen molar-refractivity contribution < 1.29 is 13.2 Å². The average molecular weight is 528 g/mol. The Morgan fingerprint density at radius 1 is 1.11 bits per heavy atom. The van der Waals surface area contributed by atoms with Gasteiger partial charge in [-0.05, 0) is 55.0 Å². The Morgan fingerprint density at radius 2 is 1.81 bits per heavy atom. The molecular weight excluding hydrogens is 494 g/mol. The monoisotopic (exact) mass is 527 g/mol. The highest BCUT2D eigenvalue weighted by Gasteiger charge is 2.32. The van der Waals surface area contributed by atoms with Crippen LogP contribution in [0.3, 0.4) is 0 Å². The third-order valence-corrected chi connectivity index (χ3v) is 10.1. The van der Waals surface area contributed by atoms with Crippen LogP contribution in [0, 0.1) is 5.92 Å². The molecule has 1 atom stereocenters. The van der Waals surface area contributed by atoms with Crippen molar-refractivity contribution in [3.05, 3.63) is 40.5 Å². The van der Waals surface area contributed by atoms with E-state index in [0.29, 0.717) is 37.8 Å². The number of hydrogen-bond acceptors (Lipinski definition) is 7. The Kier molecular flexibility index (Phi) is 6.78. The van der Waals surface area contributed by atoms with Crippen molar-refractivity contribution in [3.63, 3.8) is 0 Å². The lowest BCUT2D eigenvalue weighted by Gasteiger charge is -2.35. The van der Waals surface area contributed by atoms with Crippen LogP contribution in [0.4, 0.5) is 11.5 Å². The van der Waals surface area contributed by atoms with Crippen LogP contribution in [0.1, 0.15) is 56.3 Å². The van der Waals surface area contributed by atoms with E-state index in [4.69, 9.17) is 9.97 Å². The second kappa shape index (κ2) is 9.72. The number of anilines is 2. The first-order chi connectivity index (χ1) is 17.1. The fourth-order valence-corrected chi connectivity index (χ4v) is 7.84. The summed E-state index contributed by atoms with van der Waals surface area (Å²) in [5.74, 6) is 2.52. The Morgan fingerprint density at radius 3 is 2.44 bits per heavy atom. The summed E-state index contributed by atoms with van der Waals surface area (Å²) in [6.07, 6.45) is 3.33. The van der Waals surface area contributed by atoms with E-state index in [2.05, 4.69) is 31.0 Å². The summed E-state index contributed by atoms with van der Waals surface area (Å²) in [7, 11) is -3.62. The summed E-state index contributed by atoms with van der Waals surface area (Å²) in [5, 5.41) is 3.85. The van der Waals surface area contributed by atoms with Crippen molar-refractivity contribution in [2.45, 2.75) is 57.8 Å². The second-order valence-electron chi connectivity index (χ2n) is 10.2. The van der Waals surface area contributed by atoms with Gasteiger partial charge >= 0.3 is 0 Å². The highest BCUT2D eigenvalue weighted by Crippen LogP contribution is 2.41. The number of rotatable bonds is 5. The first-order valence-corrected chi connectivity index (χ1v) is 14.8. The molecule has 1 aliphatic heterocycles. The van der Waals surface area contributed by atoms with E-state index in [1.807, 2.05) is 11.3 Å². The van der Waals surface area contributed by atoms with Crippen molar-refractivity contribution in [2.75, 3.05) is 36.4 Å². The van der Waals surface area contributed by atoms with E-state index in [9.17, 15) is 13.2 Å². The zero-order valence-electron chi connectivity index (χ0n) is 21.2. The van der Waals surface area contributed by atoms with E-state index in [-0.39, 0.29) is 16.7 Å². The van der Waals surface area contributed by atoms with Gasteiger partial charge in [0.1, 0.15) is 16.5 Å². The van der Waals surface area contributed by atoms with Crippen LogP contribution >= 0.6 is 11.3 Å². The zero-order chi connectivity index (χ0) is 25.6. The molecule has 1 saturated heterocycles. The first kappa shape index (κ1) is 25.1. The molecule has 1 N–H and O–H groups in total. The molecule has 2 aromatic heterocycles. The number of thiophene rings is 1. The van der Waals surface area contributed by atoms with Crippen molar-refractivity contribution >= 4 is 49.0 Å². The van der Waals surface area contributed by atoms with Crippen molar-refractivity contribution in [3.8, 4) is 0 Å². The van der Waals surface area contributed by atoms with Crippen molar-refractivity contribution in [1.82, 2.24) is 14.3 Å². The van der Waals surface area contributed by atoms with Gasteiger partial charge in [0.15, 0.2) is 0 Å². The molecule has 10 heteroatoms. The summed E-state index contributed by atoms with van der Waals surface area (Å²) >= 11 is 1.81. The molecule has 5 rings (SSSR count). The van der Waals surface area contributed by atoms with Crippen LogP contribution in [0.15, 0.2) is 29.2 Å². The molecular formula is C26H33N5O3S2. The number of piperazine rings is 1. The molecule has 36 heavy (non-hydrogen) atoms. The summed E-state index contributed by atoms with van der Waals surface area (Å²) in [4.78, 5) is 26.2. The van der Waals surface area contributed by atoms with Gasteiger partial charge < -0.3 is 10.2 Å². The molecule has 0 spiro atoms. The van der Waals surface area contributed by atoms with Crippen LogP contribution in [-0.4, -0.2) is 54.8 Å². The number of aromatic nitrogens is 2. The fraction of sp³-hybridized carbons (Fsp3) is 0.500. The Bertz CT molecular complexity index is 1390. The molecule has 1 fully saturated rings. The number of amides is 1. The van der Waals surface area contributed by atoms with E-state index in [1.54, 1.807) is 28.6 Å². The number of fused-ring (bicyclic) bond motifs is 3. The summed E-state index contributed by atoms with van der Waals surface area (Å²) in [6, 6.07) is 6.34. The lowest BCUT2D eigenvalue weighted by Crippen LogP contribution is -2.49. The molecule has 1 amide bonds. The van der Waals surface area contributed by atoms with Gasteiger partial charge in [0.25, 0.3) is 0 Å². The predicted octanol–water partition coefficient (Wildman–Crippen LogP) is 4.41. The minimum atomic E-state index is -3.62. The highest BCUT2D eigenvalue weighted by molar-refractivity contribution is 7.89. The number of aryl methyl sites for hydroxylation is 1.